The largest absolute Gasteiger partial charge is 0.497 e. The summed E-state index contributed by atoms with van der Waals surface area (Å²) in [7, 11) is 12.8. The molecule has 0 atom stereocenters. The molecule has 16 aromatic rings. The Morgan fingerprint density at radius 1 is 0.336 bits per heavy atom. The number of fused-ring (bicyclic) bond motifs is 4. The summed E-state index contributed by atoms with van der Waals surface area (Å²) < 4.78 is 48.5. The molecule has 0 bridgehead atoms. The number of carbonyl (C=O) groups is 4. The maximum atomic E-state index is 12.9. The zero-order valence-corrected chi connectivity index (χ0v) is 68.7. The lowest BCUT2D eigenvalue weighted by Crippen LogP contribution is -2.23. The number of benzene rings is 9. The Kier molecular flexibility index (Phi) is 28.5. The molecular formula is C95H87N13O13S. The van der Waals surface area contributed by atoms with E-state index in [0.29, 0.717) is 82.7 Å². The van der Waals surface area contributed by atoms with E-state index >= 15 is 0 Å². The highest BCUT2D eigenvalue weighted by molar-refractivity contribution is 7.09. The third-order valence-electron chi connectivity index (χ3n) is 19.3. The number of ether oxygens (including phenoxy) is 8. The lowest BCUT2D eigenvalue weighted by Gasteiger charge is -2.11. The van der Waals surface area contributed by atoms with Crippen molar-refractivity contribution in [2.45, 2.75) is 26.2 Å². The Hall–Kier alpha value is -15.8. The van der Waals surface area contributed by atoms with Gasteiger partial charge in [0.25, 0.3) is 23.6 Å². The lowest BCUT2D eigenvalue weighted by atomic mass is 10.1. The molecule has 7 aromatic heterocycles. The number of rotatable bonds is 28. The van der Waals surface area contributed by atoms with Crippen LogP contribution in [0.15, 0.2) is 241 Å². The van der Waals surface area contributed by atoms with Crippen LogP contribution in [0.5, 0.6) is 46.0 Å². The first-order valence-electron chi connectivity index (χ1n) is 38.4. The number of aromatic amines is 4. The highest BCUT2D eigenvalue weighted by Gasteiger charge is 2.24. The van der Waals surface area contributed by atoms with E-state index in [1.165, 1.54) is 0 Å². The molecule has 0 unspecified atom stereocenters. The second-order valence-corrected chi connectivity index (χ2v) is 27.9. The standard InChI is InChI=1S/C25H23N3O3.C24H22N4O3.C23H21N3O4.C23H21N3O3S/c1-30-19-11-8-17(9-12-19)10-14-21-23-22(28-27-21)15-13-20(24(23)31-2)25(29)26-16-18-6-4-3-5-7-18;1-30-18-8-5-16(6-9-18)7-11-20-22-21(28-27-20)12-10-19(23(22)31-2)24(29)26-15-17-4-3-13-25-14-17;2*1-28-16-8-5-15(6-9-16)7-11-19-21-20(26-25-19)12-10-18(22(21)29-2)23(27)24-14-17-4-3-13-30-17/h3-15H,16H2,1-2H3,(H,26,29)(H,27,28);3-14H,15H2,1-2H3,(H,26,29)(H,27,28);2*3-13H,14H2,1-2H3,(H,24,27)(H,25,26)/b14-10+;3*11-7+. The Bertz CT molecular complexity index is 5940. The van der Waals surface area contributed by atoms with Crippen molar-refractivity contribution in [3.05, 3.63) is 325 Å². The second kappa shape index (κ2) is 41.4. The number of H-pyrrole nitrogens is 4. The van der Waals surface area contributed by atoms with Crippen molar-refractivity contribution in [1.82, 2.24) is 67.0 Å². The highest BCUT2D eigenvalue weighted by Crippen LogP contribution is 2.37. The molecule has 8 N–H and O–H groups in total. The second-order valence-electron chi connectivity index (χ2n) is 26.9. The summed E-state index contributed by atoms with van der Waals surface area (Å²) in [5.74, 6) is 4.94. The molecule has 0 aliphatic rings. The van der Waals surface area contributed by atoms with Crippen LogP contribution in [0.4, 0.5) is 0 Å². The van der Waals surface area contributed by atoms with Crippen LogP contribution in [-0.2, 0) is 26.2 Å². The van der Waals surface area contributed by atoms with Crippen LogP contribution in [0.25, 0.3) is 92.2 Å². The third-order valence-corrected chi connectivity index (χ3v) is 20.2. The van der Waals surface area contributed by atoms with Gasteiger partial charge in [-0.2, -0.15) is 20.4 Å². The number of furan rings is 1. The summed E-state index contributed by atoms with van der Waals surface area (Å²) in [5, 5.41) is 46.2. The molecular weight excluding hydrogens is 1560 g/mol. The van der Waals surface area contributed by atoms with Crippen LogP contribution >= 0.6 is 11.3 Å². The number of nitrogens with zero attached hydrogens (tertiary/aromatic N) is 5. The molecule has 27 heteroatoms. The van der Waals surface area contributed by atoms with Gasteiger partial charge in [-0.3, -0.25) is 44.6 Å². The molecule has 4 amide bonds. The van der Waals surface area contributed by atoms with E-state index in [4.69, 9.17) is 42.3 Å². The van der Waals surface area contributed by atoms with Crippen molar-refractivity contribution in [2.24, 2.45) is 0 Å². The molecule has 9 aromatic carbocycles. The highest BCUT2D eigenvalue weighted by atomic mass is 32.1. The molecule has 0 aliphatic carbocycles. The predicted molar refractivity (Wildman–Crippen MR) is 477 cm³/mol. The zero-order valence-electron chi connectivity index (χ0n) is 67.9. The van der Waals surface area contributed by atoms with Gasteiger partial charge in [-0.25, -0.2) is 0 Å². The fourth-order valence-electron chi connectivity index (χ4n) is 13.0. The molecule has 0 saturated carbocycles. The third kappa shape index (κ3) is 21.0. The molecule has 16 rings (SSSR count). The monoisotopic (exact) mass is 1650 g/mol. The van der Waals surface area contributed by atoms with Gasteiger partial charge in [-0.05, 0) is 184 Å². The first kappa shape index (κ1) is 84.2. The summed E-state index contributed by atoms with van der Waals surface area (Å²) >= 11 is 1.61. The Balaban J connectivity index is 0.000000140. The number of thiophene rings is 1. The molecule has 26 nitrogen and oxygen atoms in total. The quantitative estimate of drug-likeness (QED) is 0.0226. The maximum absolute atomic E-state index is 12.9. The molecule has 0 aliphatic heterocycles. The molecule has 0 radical (unpaired) electrons. The van der Waals surface area contributed by atoms with Crippen molar-refractivity contribution in [3.8, 4) is 46.0 Å². The number of methoxy groups -OCH3 is 8. The molecule has 0 fully saturated rings. The maximum Gasteiger partial charge on any atom is 0.255 e. The number of nitrogens with one attached hydrogen (secondary N) is 8. The van der Waals surface area contributed by atoms with Gasteiger partial charge in [0.1, 0.15) is 51.8 Å². The normalized spacial score (nSPS) is 11.1. The average Bonchev–Trinajstić information content (AvgIpc) is 1.02. The Morgan fingerprint density at radius 2 is 0.672 bits per heavy atom. The Morgan fingerprint density at radius 3 is 0.975 bits per heavy atom. The van der Waals surface area contributed by atoms with Crippen molar-refractivity contribution in [2.75, 3.05) is 56.9 Å². The summed E-state index contributed by atoms with van der Waals surface area (Å²) in [5.41, 5.74) is 13.7. The minimum Gasteiger partial charge on any atom is -0.497 e. The topological polar surface area (TPSA) is 331 Å². The fourth-order valence-corrected chi connectivity index (χ4v) is 13.7. The van der Waals surface area contributed by atoms with Gasteiger partial charge in [0.15, 0.2) is 0 Å². The van der Waals surface area contributed by atoms with E-state index in [-0.39, 0.29) is 23.6 Å². The van der Waals surface area contributed by atoms with E-state index in [2.05, 4.69) is 67.0 Å². The molecule has 122 heavy (non-hydrogen) atoms. The smallest absolute Gasteiger partial charge is 0.255 e. The predicted octanol–water partition coefficient (Wildman–Crippen LogP) is 17.8. The fraction of sp³-hybridized carbons (Fsp3) is 0.126. The van der Waals surface area contributed by atoms with Crippen molar-refractivity contribution in [1.29, 1.82) is 0 Å². The van der Waals surface area contributed by atoms with Gasteiger partial charge in [0, 0.05) is 30.4 Å². The number of aromatic nitrogens is 9. The van der Waals surface area contributed by atoms with Crippen LogP contribution in [0.1, 0.15) is 108 Å². The Labute approximate surface area is 706 Å². The van der Waals surface area contributed by atoms with Crippen LogP contribution in [0, 0.1) is 0 Å². The van der Waals surface area contributed by atoms with Crippen molar-refractivity contribution < 1.29 is 61.5 Å². The lowest BCUT2D eigenvalue weighted by molar-refractivity contribution is 0.0938. The van der Waals surface area contributed by atoms with Gasteiger partial charge >= 0.3 is 0 Å². The van der Waals surface area contributed by atoms with E-state index in [0.717, 1.165) is 122 Å². The SMILES string of the molecule is COc1ccc(/C=C/c2[nH]nc3ccc(C(=O)NCc4ccccc4)c(OC)c23)cc1.COc1ccc(/C=C/c2[nH]nc3ccc(C(=O)NCc4cccnc4)c(OC)c23)cc1.COc1ccc(/C=C/c2[nH]nc3ccc(C(=O)NCc4ccco4)c(OC)c23)cc1.COc1ccc(/C=C/c2[nH]nc3ccc(C(=O)NCc4cccs4)c(OC)c23)cc1. The molecule has 0 saturated heterocycles. The van der Waals surface area contributed by atoms with E-state index in [1.807, 2.05) is 218 Å². The van der Waals surface area contributed by atoms with E-state index < -0.39 is 0 Å². The van der Waals surface area contributed by atoms with Gasteiger partial charge in [-0.15, -0.1) is 11.3 Å². The van der Waals surface area contributed by atoms with Crippen LogP contribution < -0.4 is 59.2 Å². The number of hydrogen-bond acceptors (Lipinski definition) is 19. The van der Waals surface area contributed by atoms with Crippen molar-refractivity contribution >= 4 is 127 Å². The first-order chi connectivity index (χ1) is 59.8. The van der Waals surface area contributed by atoms with Gasteiger partial charge < -0.3 is 63.6 Å². The number of carbonyl (C=O) groups excluding carboxylic acids is 4. The van der Waals surface area contributed by atoms with Crippen LogP contribution in [0.3, 0.4) is 0 Å². The molecule has 7 heterocycles. The van der Waals surface area contributed by atoms with Gasteiger partial charge in [-0.1, -0.05) is 115 Å². The minimum atomic E-state index is -0.253. The first-order valence-corrected chi connectivity index (χ1v) is 39.2. The van der Waals surface area contributed by atoms with Gasteiger partial charge in [0.2, 0.25) is 0 Å². The van der Waals surface area contributed by atoms with Crippen LogP contribution in [-0.4, -0.2) is 126 Å². The summed E-state index contributed by atoms with van der Waals surface area (Å²) in [6, 6.07) is 66.1. The zero-order chi connectivity index (χ0) is 85.1. The molecule has 616 valence electrons. The summed E-state index contributed by atoms with van der Waals surface area (Å²) in [6.45, 7) is 1.59. The average molecular weight is 1650 g/mol. The molecule has 0 spiro atoms. The van der Waals surface area contributed by atoms with Crippen molar-refractivity contribution in [3.63, 3.8) is 0 Å². The van der Waals surface area contributed by atoms with Crippen LogP contribution in [0.2, 0.25) is 0 Å². The number of pyridine rings is 1. The van der Waals surface area contributed by atoms with Gasteiger partial charge in [0.05, 0.1) is 165 Å². The summed E-state index contributed by atoms with van der Waals surface area (Å²) in [6.07, 6.45) is 20.5. The summed E-state index contributed by atoms with van der Waals surface area (Å²) in [4.78, 5) is 56.4. The number of hydrogen-bond donors (Lipinski definition) is 8. The van der Waals surface area contributed by atoms with E-state index in [9.17, 15) is 19.2 Å². The minimum absolute atomic E-state index is 0.187. The van der Waals surface area contributed by atoms with E-state index in [1.54, 1.807) is 135 Å². The number of amides is 4.